The van der Waals surface area contributed by atoms with Crippen LogP contribution in [-0.4, -0.2) is 46.3 Å². The van der Waals surface area contributed by atoms with Crippen LogP contribution in [0, 0.1) is 0 Å². The molecule has 0 saturated carbocycles. The number of benzene rings is 1. The molecule has 0 aliphatic carbocycles. The van der Waals surface area contributed by atoms with E-state index in [9.17, 15) is 24.0 Å². The van der Waals surface area contributed by atoms with Gasteiger partial charge in [0.15, 0.2) is 0 Å². The lowest BCUT2D eigenvalue weighted by Crippen LogP contribution is -2.54. The van der Waals surface area contributed by atoms with Crippen LogP contribution in [0.25, 0.3) is 0 Å². The van der Waals surface area contributed by atoms with Crippen molar-refractivity contribution in [3.05, 3.63) is 34.9 Å². The zero-order chi connectivity index (χ0) is 20.6. The molecule has 1 unspecified atom stereocenters. The van der Waals surface area contributed by atoms with Crippen molar-refractivity contribution in [3.8, 4) is 0 Å². The number of fused-ring (bicyclic) bond motifs is 1. The maximum atomic E-state index is 12.7. The topological polar surface area (TPSA) is 122 Å². The molecule has 3 rings (SSSR count). The van der Waals surface area contributed by atoms with Crippen molar-refractivity contribution in [3.63, 3.8) is 0 Å². The van der Waals surface area contributed by atoms with E-state index in [4.69, 9.17) is 4.74 Å². The first kappa shape index (κ1) is 19.5. The summed E-state index contributed by atoms with van der Waals surface area (Å²) in [6, 6.07) is 3.62. The second-order valence-corrected chi connectivity index (χ2v) is 7.68. The van der Waals surface area contributed by atoms with Crippen molar-refractivity contribution in [2.75, 3.05) is 0 Å². The Morgan fingerprint density at radius 2 is 1.86 bits per heavy atom. The van der Waals surface area contributed by atoms with Crippen molar-refractivity contribution in [1.29, 1.82) is 0 Å². The summed E-state index contributed by atoms with van der Waals surface area (Å²) in [7, 11) is 0. The highest BCUT2D eigenvalue weighted by molar-refractivity contribution is 6.23. The number of imide groups is 2. The van der Waals surface area contributed by atoms with Crippen molar-refractivity contribution >= 4 is 29.7 Å². The fourth-order valence-corrected chi connectivity index (χ4v) is 3.12. The Balaban J connectivity index is 1.74. The summed E-state index contributed by atoms with van der Waals surface area (Å²) >= 11 is 0. The number of hydrogen-bond acceptors (Lipinski definition) is 6. The zero-order valence-corrected chi connectivity index (χ0v) is 15.8. The number of rotatable bonds is 3. The maximum Gasteiger partial charge on any atom is 0.407 e. The summed E-state index contributed by atoms with van der Waals surface area (Å²) in [5, 5.41) is 4.74. The molecule has 2 aliphatic rings. The minimum absolute atomic E-state index is 0.0644. The lowest BCUT2D eigenvalue weighted by molar-refractivity contribution is -0.136. The highest BCUT2D eigenvalue weighted by atomic mass is 16.6. The third-order valence-electron chi connectivity index (χ3n) is 4.34. The van der Waals surface area contributed by atoms with E-state index in [0.29, 0.717) is 5.56 Å². The van der Waals surface area contributed by atoms with Crippen LogP contribution in [0.1, 0.15) is 59.9 Å². The minimum Gasteiger partial charge on any atom is -0.444 e. The lowest BCUT2D eigenvalue weighted by atomic mass is 10.0. The first-order valence-electron chi connectivity index (χ1n) is 8.88. The fourth-order valence-electron chi connectivity index (χ4n) is 3.12. The molecule has 1 atom stereocenters. The van der Waals surface area contributed by atoms with Crippen LogP contribution in [-0.2, 0) is 20.9 Å². The summed E-state index contributed by atoms with van der Waals surface area (Å²) in [5.41, 5.74) is 0.331. The second kappa shape index (κ2) is 7.06. The first-order chi connectivity index (χ1) is 13.1. The van der Waals surface area contributed by atoms with Crippen LogP contribution in [0.15, 0.2) is 18.2 Å². The van der Waals surface area contributed by atoms with Gasteiger partial charge in [0.25, 0.3) is 11.8 Å². The van der Waals surface area contributed by atoms with Gasteiger partial charge >= 0.3 is 6.09 Å². The van der Waals surface area contributed by atoms with Gasteiger partial charge in [0.05, 0.1) is 11.1 Å². The summed E-state index contributed by atoms with van der Waals surface area (Å²) in [6.45, 7) is 5.35. The van der Waals surface area contributed by atoms with E-state index >= 15 is 0 Å². The molecule has 1 fully saturated rings. The number of hydrogen-bond donors (Lipinski definition) is 2. The van der Waals surface area contributed by atoms with E-state index in [1.807, 2.05) is 0 Å². The SMILES string of the molecule is CC(C)(C)OC(=O)NCc1ccc2c(c1)C(=O)N(C1CCC(=O)NC1=O)C2=O. The average Bonchev–Trinajstić information content (AvgIpc) is 2.83. The van der Waals surface area contributed by atoms with Gasteiger partial charge in [-0.3, -0.25) is 29.4 Å². The predicted molar refractivity (Wildman–Crippen MR) is 96.2 cm³/mol. The first-order valence-corrected chi connectivity index (χ1v) is 8.88. The van der Waals surface area contributed by atoms with Gasteiger partial charge in [-0.15, -0.1) is 0 Å². The molecule has 9 heteroatoms. The van der Waals surface area contributed by atoms with Gasteiger partial charge in [-0.05, 0) is 44.9 Å². The Kier molecular flexibility index (Phi) is 4.93. The Hall–Kier alpha value is -3.23. The van der Waals surface area contributed by atoms with E-state index < -0.39 is 41.4 Å². The van der Waals surface area contributed by atoms with E-state index in [1.165, 1.54) is 12.1 Å². The van der Waals surface area contributed by atoms with E-state index in [1.54, 1.807) is 26.8 Å². The minimum atomic E-state index is -1.01. The summed E-state index contributed by atoms with van der Waals surface area (Å²) < 4.78 is 5.16. The smallest absolute Gasteiger partial charge is 0.407 e. The van der Waals surface area contributed by atoms with Crippen LogP contribution in [0.3, 0.4) is 0 Å². The molecule has 1 saturated heterocycles. The van der Waals surface area contributed by atoms with E-state index in [2.05, 4.69) is 10.6 Å². The second-order valence-electron chi connectivity index (χ2n) is 7.68. The van der Waals surface area contributed by atoms with E-state index in [-0.39, 0.29) is 30.5 Å². The Bertz CT molecular complexity index is 886. The molecular formula is C19H21N3O6. The van der Waals surface area contributed by atoms with Gasteiger partial charge in [0.1, 0.15) is 11.6 Å². The number of alkyl carbamates (subject to hydrolysis) is 1. The monoisotopic (exact) mass is 387 g/mol. The van der Waals surface area contributed by atoms with Crippen LogP contribution in [0.2, 0.25) is 0 Å². The molecule has 0 spiro atoms. The van der Waals surface area contributed by atoms with Gasteiger partial charge in [0, 0.05) is 13.0 Å². The van der Waals surface area contributed by atoms with Gasteiger partial charge in [0.2, 0.25) is 11.8 Å². The lowest BCUT2D eigenvalue weighted by Gasteiger charge is -2.27. The molecule has 148 valence electrons. The average molecular weight is 387 g/mol. The summed E-state index contributed by atoms with van der Waals surface area (Å²) in [4.78, 5) is 61.4. The van der Waals surface area contributed by atoms with E-state index in [0.717, 1.165) is 4.90 Å². The molecule has 5 amide bonds. The van der Waals surface area contributed by atoms with Gasteiger partial charge in [-0.1, -0.05) is 6.07 Å². The van der Waals surface area contributed by atoms with Crippen molar-refractivity contribution in [1.82, 2.24) is 15.5 Å². The molecule has 0 aromatic heterocycles. The van der Waals surface area contributed by atoms with Gasteiger partial charge in [-0.2, -0.15) is 0 Å². The summed E-state index contributed by atoms with van der Waals surface area (Å²) in [6.07, 6.45) is -0.432. The summed E-state index contributed by atoms with van der Waals surface area (Å²) in [5.74, 6) is -2.24. The highest BCUT2D eigenvalue weighted by Gasteiger charge is 2.44. The molecule has 2 aliphatic heterocycles. The number of carbonyl (C=O) groups is 5. The Morgan fingerprint density at radius 1 is 1.18 bits per heavy atom. The predicted octanol–water partition coefficient (Wildman–Crippen LogP) is 1.11. The van der Waals surface area contributed by atoms with Crippen molar-refractivity contribution in [2.45, 2.75) is 51.8 Å². The molecular weight excluding hydrogens is 366 g/mol. The Morgan fingerprint density at radius 3 is 2.50 bits per heavy atom. The van der Waals surface area contributed by atoms with Crippen molar-refractivity contribution < 1.29 is 28.7 Å². The quantitative estimate of drug-likeness (QED) is 0.750. The molecule has 9 nitrogen and oxygen atoms in total. The number of piperidine rings is 1. The standard InChI is InChI=1S/C19H21N3O6/c1-19(2,3)28-18(27)20-9-10-4-5-11-12(8-10)17(26)22(16(11)25)13-6-7-14(23)21-15(13)24/h4-5,8,13H,6-7,9H2,1-3H3,(H,20,27)(H,21,23,24). The number of carbonyl (C=O) groups excluding carboxylic acids is 5. The molecule has 28 heavy (non-hydrogen) atoms. The van der Waals surface area contributed by atoms with Crippen LogP contribution in [0.5, 0.6) is 0 Å². The number of ether oxygens (including phenoxy) is 1. The largest absolute Gasteiger partial charge is 0.444 e. The molecule has 2 N–H and O–H groups in total. The third kappa shape index (κ3) is 3.88. The van der Waals surface area contributed by atoms with Crippen LogP contribution >= 0.6 is 0 Å². The van der Waals surface area contributed by atoms with Crippen LogP contribution < -0.4 is 10.6 Å². The molecule has 0 bridgehead atoms. The fraction of sp³-hybridized carbons (Fsp3) is 0.421. The number of nitrogens with zero attached hydrogens (tertiary/aromatic N) is 1. The molecule has 1 aromatic rings. The maximum absolute atomic E-state index is 12.7. The molecule has 2 heterocycles. The zero-order valence-electron chi connectivity index (χ0n) is 15.8. The molecule has 0 radical (unpaired) electrons. The van der Waals surface area contributed by atoms with Gasteiger partial charge in [-0.25, -0.2) is 4.79 Å². The normalized spacial score (nSPS) is 19.4. The Labute approximate surface area is 161 Å². The number of amides is 5. The van der Waals surface area contributed by atoms with Crippen molar-refractivity contribution in [2.24, 2.45) is 0 Å². The van der Waals surface area contributed by atoms with Crippen LogP contribution in [0.4, 0.5) is 4.79 Å². The van der Waals surface area contributed by atoms with Gasteiger partial charge < -0.3 is 10.1 Å². The highest BCUT2D eigenvalue weighted by Crippen LogP contribution is 2.28. The molecule has 1 aromatic carbocycles. The third-order valence-corrected chi connectivity index (χ3v) is 4.34. The number of nitrogens with one attached hydrogen (secondary N) is 2.